The van der Waals surface area contributed by atoms with Crippen LogP contribution < -0.4 is 20.1 Å². The average Bonchev–Trinajstić information content (AvgIpc) is 3.28. The molecule has 0 saturated heterocycles. The van der Waals surface area contributed by atoms with Gasteiger partial charge in [0.05, 0.1) is 0 Å². The summed E-state index contributed by atoms with van der Waals surface area (Å²) in [6, 6.07) is 5.67. The largest absolute Gasteiger partial charge is 0.454 e. The minimum Gasteiger partial charge on any atom is -0.454 e. The van der Waals surface area contributed by atoms with Crippen molar-refractivity contribution in [3.8, 4) is 11.5 Å². The first kappa shape index (κ1) is 12.4. The van der Waals surface area contributed by atoms with Crippen LogP contribution in [0, 0.1) is 0 Å². The van der Waals surface area contributed by atoms with Crippen LogP contribution in [0.1, 0.15) is 11.7 Å². The molecule has 3 heterocycles. The van der Waals surface area contributed by atoms with Gasteiger partial charge in [-0.2, -0.15) is 20.2 Å². The summed E-state index contributed by atoms with van der Waals surface area (Å²) < 4.78 is 10.7. The van der Waals surface area contributed by atoms with Crippen LogP contribution in [0.15, 0.2) is 30.9 Å². The predicted molar refractivity (Wildman–Crippen MR) is 75.3 cm³/mol. The van der Waals surface area contributed by atoms with E-state index in [2.05, 4.69) is 41.0 Å². The van der Waals surface area contributed by atoms with E-state index >= 15 is 0 Å². The van der Waals surface area contributed by atoms with Crippen molar-refractivity contribution in [3.63, 3.8) is 0 Å². The molecule has 0 unspecified atom stereocenters. The van der Waals surface area contributed by atoms with E-state index in [1.807, 2.05) is 18.2 Å². The van der Waals surface area contributed by atoms with Gasteiger partial charge in [-0.1, -0.05) is 6.07 Å². The number of aromatic nitrogens is 6. The highest BCUT2D eigenvalue weighted by Crippen LogP contribution is 2.34. The number of aromatic amines is 2. The number of fused-ring (bicyclic) bond motifs is 1. The van der Waals surface area contributed by atoms with Crippen molar-refractivity contribution in [2.75, 3.05) is 17.4 Å². The third-order valence-electron chi connectivity index (χ3n) is 3.12. The topological polar surface area (TPSA) is 126 Å². The van der Waals surface area contributed by atoms with Gasteiger partial charge in [-0.15, -0.1) is 0 Å². The number of benzene rings is 1. The molecular formula is C12H12N8O2. The average molecular weight is 300 g/mol. The molecule has 10 nitrogen and oxygen atoms in total. The zero-order valence-corrected chi connectivity index (χ0v) is 11.3. The first-order chi connectivity index (χ1) is 10.9. The second-order valence-electron chi connectivity index (χ2n) is 4.50. The smallest absolute Gasteiger partial charge is 0.231 e. The van der Waals surface area contributed by atoms with Gasteiger partial charge in [0.15, 0.2) is 11.5 Å². The lowest BCUT2D eigenvalue weighted by Gasteiger charge is -2.19. The lowest BCUT2D eigenvalue weighted by atomic mass is 10.1. The normalized spacial score (nSPS) is 12.6. The zero-order valence-electron chi connectivity index (χ0n) is 11.3. The molecule has 2 aromatic heterocycles. The molecule has 3 aromatic rings. The van der Waals surface area contributed by atoms with Gasteiger partial charge in [0.25, 0.3) is 0 Å². The van der Waals surface area contributed by atoms with Gasteiger partial charge in [0.2, 0.25) is 18.7 Å². The van der Waals surface area contributed by atoms with Gasteiger partial charge in [-0.05, 0) is 17.7 Å². The second-order valence-corrected chi connectivity index (χ2v) is 4.50. The Morgan fingerprint density at radius 1 is 0.955 bits per heavy atom. The van der Waals surface area contributed by atoms with Gasteiger partial charge in [0, 0.05) is 0 Å². The number of hydrogen-bond donors (Lipinski definition) is 4. The minimum atomic E-state index is -0.324. The number of anilines is 2. The maximum Gasteiger partial charge on any atom is 0.231 e. The maximum atomic E-state index is 5.41. The molecule has 4 rings (SSSR count). The van der Waals surface area contributed by atoms with Crippen LogP contribution >= 0.6 is 0 Å². The summed E-state index contributed by atoms with van der Waals surface area (Å²) in [5.41, 5.74) is 0.914. The SMILES string of the molecule is c1n[nH]c(NC(Nc2ncn[nH]2)c2ccc3c(c2)OCO3)n1. The highest BCUT2D eigenvalue weighted by atomic mass is 16.7. The van der Waals surface area contributed by atoms with Crippen LogP contribution in [-0.4, -0.2) is 37.2 Å². The maximum absolute atomic E-state index is 5.41. The van der Waals surface area contributed by atoms with E-state index in [-0.39, 0.29) is 13.0 Å². The predicted octanol–water partition coefficient (Wildman–Crippen LogP) is 0.874. The molecule has 0 amide bonds. The van der Waals surface area contributed by atoms with Crippen LogP contribution in [0.4, 0.5) is 11.9 Å². The van der Waals surface area contributed by atoms with Gasteiger partial charge >= 0.3 is 0 Å². The van der Waals surface area contributed by atoms with Crippen LogP contribution in [0.5, 0.6) is 11.5 Å². The van der Waals surface area contributed by atoms with E-state index in [1.165, 1.54) is 12.7 Å². The molecule has 1 aliphatic heterocycles. The molecule has 1 aliphatic rings. The molecule has 4 N–H and O–H groups in total. The molecule has 0 atom stereocenters. The van der Waals surface area contributed by atoms with E-state index in [9.17, 15) is 0 Å². The van der Waals surface area contributed by atoms with Gasteiger partial charge in [0.1, 0.15) is 18.8 Å². The summed E-state index contributed by atoms with van der Waals surface area (Å²) in [7, 11) is 0. The van der Waals surface area contributed by atoms with Crippen LogP contribution in [0.2, 0.25) is 0 Å². The first-order valence-electron chi connectivity index (χ1n) is 6.52. The van der Waals surface area contributed by atoms with Crippen LogP contribution in [0.3, 0.4) is 0 Å². The summed E-state index contributed by atoms with van der Waals surface area (Å²) in [4.78, 5) is 8.13. The molecule has 1 aromatic carbocycles. The van der Waals surface area contributed by atoms with Crippen LogP contribution in [0.25, 0.3) is 0 Å². The number of nitrogens with zero attached hydrogens (tertiary/aromatic N) is 4. The Kier molecular flexibility index (Phi) is 2.96. The summed E-state index contributed by atoms with van der Waals surface area (Å²) in [6.07, 6.45) is 2.52. The number of rotatable bonds is 5. The number of H-pyrrole nitrogens is 2. The Bertz CT molecular complexity index is 706. The highest BCUT2D eigenvalue weighted by Gasteiger charge is 2.19. The second kappa shape index (κ2) is 5.24. The molecule has 0 spiro atoms. The molecule has 10 heteroatoms. The molecular weight excluding hydrogens is 288 g/mol. The van der Waals surface area contributed by atoms with E-state index in [1.54, 1.807) is 0 Å². The van der Waals surface area contributed by atoms with Gasteiger partial charge < -0.3 is 20.1 Å². The van der Waals surface area contributed by atoms with E-state index < -0.39 is 0 Å². The third-order valence-corrected chi connectivity index (χ3v) is 3.12. The fourth-order valence-electron chi connectivity index (χ4n) is 2.12. The Morgan fingerprint density at radius 3 is 2.27 bits per heavy atom. The highest BCUT2D eigenvalue weighted by molar-refractivity contribution is 5.48. The molecule has 0 fully saturated rings. The van der Waals surface area contributed by atoms with Crippen molar-refractivity contribution in [3.05, 3.63) is 36.4 Å². The van der Waals surface area contributed by atoms with Crippen molar-refractivity contribution < 1.29 is 9.47 Å². The number of ether oxygens (including phenoxy) is 2. The van der Waals surface area contributed by atoms with Gasteiger partial charge in [-0.25, -0.2) is 10.2 Å². The Labute approximate surface area is 124 Å². The standard InChI is InChI=1S/C12H12N8O2/c1-2-8-9(22-6-21-8)3-7(1)10(17-11-13-4-15-19-11)18-12-14-5-16-20-12/h1-5,10H,6H2,(H2,13,15,17,19)(H2,14,16,18,20). The van der Waals surface area contributed by atoms with Crippen molar-refractivity contribution in [1.29, 1.82) is 0 Å². The monoisotopic (exact) mass is 300 g/mol. The Hall–Kier alpha value is -3.30. The number of nitrogens with one attached hydrogen (secondary N) is 4. The lowest BCUT2D eigenvalue weighted by Crippen LogP contribution is -2.21. The molecule has 0 saturated carbocycles. The van der Waals surface area contributed by atoms with E-state index in [0.29, 0.717) is 17.6 Å². The first-order valence-corrected chi connectivity index (χ1v) is 6.52. The van der Waals surface area contributed by atoms with Crippen molar-refractivity contribution in [1.82, 2.24) is 30.4 Å². The van der Waals surface area contributed by atoms with E-state index in [0.717, 1.165) is 11.3 Å². The Morgan fingerprint density at radius 2 is 1.64 bits per heavy atom. The molecule has 0 aliphatic carbocycles. The van der Waals surface area contributed by atoms with Crippen molar-refractivity contribution >= 4 is 11.9 Å². The summed E-state index contributed by atoms with van der Waals surface area (Å²) in [6.45, 7) is 0.231. The van der Waals surface area contributed by atoms with Crippen molar-refractivity contribution in [2.45, 2.75) is 6.17 Å². The minimum absolute atomic E-state index is 0.231. The van der Waals surface area contributed by atoms with Crippen LogP contribution in [-0.2, 0) is 0 Å². The van der Waals surface area contributed by atoms with Gasteiger partial charge in [-0.3, -0.25) is 0 Å². The third kappa shape index (κ3) is 2.37. The molecule has 0 bridgehead atoms. The lowest BCUT2D eigenvalue weighted by molar-refractivity contribution is 0.174. The fourth-order valence-corrected chi connectivity index (χ4v) is 2.12. The molecule has 0 radical (unpaired) electrons. The molecule has 22 heavy (non-hydrogen) atoms. The summed E-state index contributed by atoms with van der Waals surface area (Å²) in [5, 5.41) is 19.5. The van der Waals surface area contributed by atoms with E-state index in [4.69, 9.17) is 9.47 Å². The zero-order chi connectivity index (χ0) is 14.8. The summed E-state index contributed by atoms with van der Waals surface area (Å²) >= 11 is 0. The fraction of sp³-hybridized carbons (Fsp3) is 0.167. The Balaban J connectivity index is 1.63. The molecule has 112 valence electrons. The summed E-state index contributed by atoms with van der Waals surface area (Å²) in [5.74, 6) is 2.47. The number of hydrogen-bond acceptors (Lipinski definition) is 8. The van der Waals surface area contributed by atoms with Crippen molar-refractivity contribution in [2.24, 2.45) is 0 Å². The quantitative estimate of drug-likeness (QED) is 0.511.